The number of fused-ring (bicyclic) bond motifs is 1. The van der Waals surface area contributed by atoms with Gasteiger partial charge in [0.15, 0.2) is 0 Å². The Kier molecular flexibility index (Phi) is 18.0. The van der Waals surface area contributed by atoms with Gasteiger partial charge in [0.25, 0.3) is 5.91 Å². The number of nitrogens with zero attached hydrogens (tertiary/aromatic N) is 3. The van der Waals surface area contributed by atoms with E-state index < -0.39 is 23.3 Å². The molecule has 12 nitrogen and oxygen atoms in total. The Hall–Kier alpha value is -5.65. The molecular weight excluding hydrogens is 749 g/mol. The maximum absolute atomic E-state index is 13.8. The Balaban J connectivity index is 1.51. The molecule has 1 aliphatic heterocycles. The summed E-state index contributed by atoms with van der Waals surface area (Å²) in [7, 11) is 0. The fraction of sp³-hybridized carbons (Fsp3) is 0.468. The van der Waals surface area contributed by atoms with Crippen molar-refractivity contribution in [2.45, 2.75) is 110 Å². The van der Waals surface area contributed by atoms with Gasteiger partial charge in [-0.3, -0.25) is 24.2 Å². The summed E-state index contributed by atoms with van der Waals surface area (Å²) in [5.74, 6) is -2.18. The molecule has 1 aliphatic rings. The van der Waals surface area contributed by atoms with Gasteiger partial charge in [-0.2, -0.15) is 0 Å². The number of rotatable bonds is 27. The quantitative estimate of drug-likeness (QED) is 0.0544. The maximum Gasteiger partial charge on any atom is 0.303 e. The van der Waals surface area contributed by atoms with Crippen LogP contribution in [0.25, 0.3) is 6.08 Å². The predicted molar refractivity (Wildman–Crippen MR) is 236 cm³/mol. The van der Waals surface area contributed by atoms with E-state index in [1.807, 2.05) is 30.3 Å². The van der Waals surface area contributed by atoms with E-state index in [1.54, 1.807) is 6.07 Å². The standard InChI is InChI=1S/C47H62N4O8/c1-5-50(6-2)37-24-19-34(20-25-37)21-28-42-47(3,4)38-32-35(22-26-39(38)49-42)46(58)48-36-23-27-40(41(33-36)59-31-15-9-12-18-45(56)57)51(29-13-7-10-16-43(52)53)30-14-8-11-17-44(54)55/h19-28,32-33H,5-18,29-31H2,1-4H3,(H,48,58)(H,52,53)(H,54,55)(H,56,57). The van der Waals surface area contributed by atoms with E-state index in [0.29, 0.717) is 68.8 Å². The number of carboxylic acids is 3. The van der Waals surface area contributed by atoms with Crippen molar-refractivity contribution < 1.29 is 39.2 Å². The van der Waals surface area contributed by atoms with Crippen molar-refractivity contribution in [3.8, 4) is 5.75 Å². The Bertz CT molecular complexity index is 1910. The van der Waals surface area contributed by atoms with Crippen LogP contribution in [-0.4, -0.2) is 77.6 Å². The first-order valence-electron chi connectivity index (χ1n) is 21.1. The summed E-state index contributed by atoms with van der Waals surface area (Å²) in [6.07, 6.45) is 10.5. The Morgan fingerprint density at radius 2 is 1.29 bits per heavy atom. The number of hydrogen-bond acceptors (Lipinski definition) is 8. The molecule has 0 radical (unpaired) electrons. The molecule has 0 bridgehead atoms. The van der Waals surface area contributed by atoms with E-state index in [1.165, 1.54) is 5.69 Å². The zero-order valence-electron chi connectivity index (χ0n) is 35.2. The molecule has 3 aromatic carbocycles. The number of benzene rings is 3. The summed E-state index contributed by atoms with van der Waals surface area (Å²) in [4.78, 5) is 56.4. The third-order valence-electron chi connectivity index (χ3n) is 10.8. The molecule has 4 N–H and O–H groups in total. The zero-order valence-corrected chi connectivity index (χ0v) is 35.2. The van der Waals surface area contributed by atoms with Crippen molar-refractivity contribution in [1.29, 1.82) is 0 Å². The molecule has 0 saturated carbocycles. The molecule has 12 heteroatoms. The summed E-state index contributed by atoms with van der Waals surface area (Å²) < 4.78 is 6.33. The second kappa shape index (κ2) is 23.1. The van der Waals surface area contributed by atoms with Crippen LogP contribution >= 0.6 is 0 Å². The van der Waals surface area contributed by atoms with E-state index >= 15 is 0 Å². The summed E-state index contributed by atoms with van der Waals surface area (Å²) in [5, 5.41) is 30.3. The highest BCUT2D eigenvalue weighted by atomic mass is 16.5. The van der Waals surface area contributed by atoms with Gasteiger partial charge < -0.3 is 35.2 Å². The lowest BCUT2D eigenvalue weighted by Gasteiger charge is -2.28. The van der Waals surface area contributed by atoms with Crippen LogP contribution in [-0.2, 0) is 19.8 Å². The van der Waals surface area contributed by atoms with Gasteiger partial charge in [0.2, 0.25) is 0 Å². The van der Waals surface area contributed by atoms with E-state index in [9.17, 15) is 19.2 Å². The highest BCUT2D eigenvalue weighted by Crippen LogP contribution is 2.41. The number of carbonyl (C=O) groups is 4. The van der Waals surface area contributed by atoms with Crippen LogP contribution in [0.4, 0.5) is 22.7 Å². The molecule has 0 spiro atoms. The smallest absolute Gasteiger partial charge is 0.303 e. The van der Waals surface area contributed by atoms with Gasteiger partial charge in [0.05, 0.1) is 23.7 Å². The molecule has 0 fully saturated rings. The van der Waals surface area contributed by atoms with E-state index in [0.717, 1.165) is 67.0 Å². The van der Waals surface area contributed by atoms with Crippen molar-refractivity contribution in [2.75, 3.05) is 47.9 Å². The van der Waals surface area contributed by atoms with E-state index in [-0.39, 0.29) is 25.2 Å². The fourth-order valence-corrected chi connectivity index (χ4v) is 7.26. The lowest BCUT2D eigenvalue weighted by atomic mass is 9.80. The average Bonchev–Trinajstić information content (AvgIpc) is 3.46. The summed E-state index contributed by atoms with van der Waals surface area (Å²) in [6, 6.07) is 19.6. The Morgan fingerprint density at radius 1 is 0.695 bits per heavy atom. The molecule has 0 atom stereocenters. The number of ether oxygens (including phenoxy) is 1. The van der Waals surface area contributed by atoms with Crippen molar-refractivity contribution in [3.05, 3.63) is 83.4 Å². The predicted octanol–water partition coefficient (Wildman–Crippen LogP) is 9.98. The molecule has 0 aromatic heterocycles. The molecule has 0 aliphatic carbocycles. The fourth-order valence-electron chi connectivity index (χ4n) is 7.26. The molecule has 1 amide bonds. The van der Waals surface area contributed by atoms with E-state index in [2.05, 4.69) is 79.2 Å². The minimum absolute atomic E-state index is 0.0974. The van der Waals surface area contributed by atoms with Gasteiger partial charge in [-0.15, -0.1) is 0 Å². The third-order valence-corrected chi connectivity index (χ3v) is 10.8. The number of amides is 1. The third kappa shape index (κ3) is 14.3. The number of nitrogens with one attached hydrogen (secondary N) is 1. The topological polar surface area (TPSA) is 169 Å². The molecule has 4 rings (SSSR count). The highest BCUT2D eigenvalue weighted by molar-refractivity contribution is 6.11. The molecule has 3 aromatic rings. The summed E-state index contributed by atoms with van der Waals surface area (Å²) in [6.45, 7) is 12.1. The van der Waals surface area contributed by atoms with Gasteiger partial charge >= 0.3 is 17.9 Å². The number of aliphatic imine (C=N–C) groups is 1. The monoisotopic (exact) mass is 810 g/mol. The zero-order chi connectivity index (χ0) is 42.8. The van der Waals surface area contributed by atoms with Crippen LogP contribution < -0.4 is 19.9 Å². The molecule has 0 saturated heterocycles. The van der Waals surface area contributed by atoms with Gasteiger partial charge in [-0.1, -0.05) is 44.9 Å². The first kappa shape index (κ1) is 46.0. The van der Waals surface area contributed by atoms with E-state index in [4.69, 9.17) is 25.0 Å². The lowest BCUT2D eigenvalue weighted by Crippen LogP contribution is -2.26. The van der Waals surface area contributed by atoms with Crippen LogP contribution in [0.15, 0.2) is 71.7 Å². The maximum atomic E-state index is 13.8. The van der Waals surface area contributed by atoms with Gasteiger partial charge in [0.1, 0.15) is 5.75 Å². The lowest BCUT2D eigenvalue weighted by molar-refractivity contribution is -0.138. The SMILES string of the molecule is CCN(CC)c1ccc(C=CC2=Nc3ccc(C(=O)Nc4ccc(N(CCCCCC(=O)O)CCCCCC(=O)O)c(OCCCCCC(=O)O)c4)cc3C2(C)C)cc1. The van der Waals surface area contributed by atoms with Crippen molar-refractivity contribution in [3.63, 3.8) is 0 Å². The number of anilines is 3. The molecular formula is C47H62N4O8. The van der Waals surface area contributed by atoms with Crippen LogP contribution in [0.1, 0.15) is 126 Å². The van der Waals surface area contributed by atoms with Gasteiger partial charge in [-0.25, -0.2) is 0 Å². The number of unbranched alkanes of at least 4 members (excludes halogenated alkanes) is 6. The average molecular weight is 811 g/mol. The largest absolute Gasteiger partial charge is 0.491 e. The molecule has 59 heavy (non-hydrogen) atoms. The first-order valence-corrected chi connectivity index (χ1v) is 21.1. The minimum atomic E-state index is -0.830. The minimum Gasteiger partial charge on any atom is -0.491 e. The highest BCUT2D eigenvalue weighted by Gasteiger charge is 2.34. The Labute approximate surface area is 349 Å². The Morgan fingerprint density at radius 3 is 1.86 bits per heavy atom. The van der Waals surface area contributed by atoms with Gasteiger partial charge in [0, 0.05) is 73.9 Å². The van der Waals surface area contributed by atoms with Crippen molar-refractivity contribution in [2.24, 2.45) is 4.99 Å². The number of aliphatic carboxylic acids is 3. The summed E-state index contributed by atoms with van der Waals surface area (Å²) in [5.41, 5.74) is 6.42. The molecule has 1 heterocycles. The number of hydrogen-bond donors (Lipinski definition) is 4. The van der Waals surface area contributed by atoms with Crippen LogP contribution in [0, 0.1) is 0 Å². The second-order valence-electron chi connectivity index (χ2n) is 15.5. The second-order valence-corrected chi connectivity index (χ2v) is 15.5. The van der Waals surface area contributed by atoms with Crippen molar-refractivity contribution >= 4 is 58.4 Å². The van der Waals surface area contributed by atoms with Crippen molar-refractivity contribution in [1.82, 2.24) is 0 Å². The first-order chi connectivity index (χ1) is 28.3. The van der Waals surface area contributed by atoms with Crippen LogP contribution in [0.3, 0.4) is 0 Å². The summed E-state index contributed by atoms with van der Waals surface area (Å²) >= 11 is 0. The number of carbonyl (C=O) groups excluding carboxylic acids is 1. The van der Waals surface area contributed by atoms with Crippen LogP contribution in [0.5, 0.6) is 5.75 Å². The normalized spacial score (nSPS) is 12.8. The number of allylic oxidation sites excluding steroid dienone is 1. The molecule has 318 valence electrons. The molecule has 0 unspecified atom stereocenters. The number of carboxylic acid groups (broad SMARTS) is 3. The van der Waals surface area contributed by atoms with Crippen LogP contribution in [0.2, 0.25) is 0 Å². The van der Waals surface area contributed by atoms with Gasteiger partial charge in [-0.05, 0) is 118 Å².